The number of nitrogens with zero attached hydrogens (tertiary/aromatic N) is 3. The van der Waals surface area contributed by atoms with E-state index in [-0.39, 0.29) is 12.1 Å². The van der Waals surface area contributed by atoms with Crippen LogP contribution in [0.4, 0.5) is 4.79 Å². The van der Waals surface area contributed by atoms with Gasteiger partial charge >= 0.3 is 6.03 Å². The molecule has 0 fully saturated rings. The second-order valence-corrected chi connectivity index (χ2v) is 5.99. The Kier molecular flexibility index (Phi) is 6.18. The molecule has 2 amide bonds. The maximum atomic E-state index is 12.2. The summed E-state index contributed by atoms with van der Waals surface area (Å²) in [5.74, 6) is 0. The van der Waals surface area contributed by atoms with Gasteiger partial charge in [-0.2, -0.15) is 10.4 Å². The molecule has 0 aliphatic heterocycles. The molecule has 132 valence electrons. The van der Waals surface area contributed by atoms with Gasteiger partial charge in [0.25, 0.3) is 0 Å². The van der Waals surface area contributed by atoms with E-state index in [0.29, 0.717) is 12.1 Å². The van der Waals surface area contributed by atoms with Crippen LogP contribution in [0.25, 0.3) is 0 Å². The molecule has 1 atom stereocenters. The van der Waals surface area contributed by atoms with Crippen molar-refractivity contribution in [3.05, 3.63) is 52.3 Å². The van der Waals surface area contributed by atoms with Gasteiger partial charge in [0.2, 0.25) is 0 Å². The molecule has 0 saturated carbocycles. The Morgan fingerprint density at radius 2 is 1.96 bits per heavy atom. The van der Waals surface area contributed by atoms with E-state index in [9.17, 15) is 4.79 Å². The van der Waals surface area contributed by atoms with E-state index in [1.807, 2.05) is 30.8 Å². The smallest absolute Gasteiger partial charge is 0.315 e. The molecular formula is C19H25N5O. The van der Waals surface area contributed by atoms with Gasteiger partial charge in [-0.05, 0) is 37.5 Å². The van der Waals surface area contributed by atoms with Crippen LogP contribution in [0.15, 0.2) is 24.3 Å². The van der Waals surface area contributed by atoms with Crippen molar-refractivity contribution in [2.24, 2.45) is 7.05 Å². The predicted octanol–water partition coefficient (Wildman–Crippen LogP) is 2.98. The number of aryl methyl sites for hydroxylation is 2. The maximum absolute atomic E-state index is 12.2. The fourth-order valence-electron chi connectivity index (χ4n) is 2.94. The van der Waals surface area contributed by atoms with Crippen molar-refractivity contribution in [2.75, 3.05) is 0 Å². The summed E-state index contributed by atoms with van der Waals surface area (Å²) in [6.45, 7) is 6.54. The van der Waals surface area contributed by atoms with Crippen molar-refractivity contribution in [2.45, 2.75) is 46.2 Å². The van der Waals surface area contributed by atoms with E-state index in [4.69, 9.17) is 5.26 Å². The molecule has 1 aromatic heterocycles. The SMILES string of the molecule is CCc1nn(C)c(CC)c1CNC(=O)N[C@H](C)c1ccc(C#N)cc1. The largest absolute Gasteiger partial charge is 0.334 e. The zero-order valence-corrected chi connectivity index (χ0v) is 15.3. The number of benzene rings is 1. The maximum Gasteiger partial charge on any atom is 0.315 e. The monoisotopic (exact) mass is 339 g/mol. The molecule has 0 spiro atoms. The van der Waals surface area contributed by atoms with Crippen LogP contribution >= 0.6 is 0 Å². The van der Waals surface area contributed by atoms with Gasteiger partial charge in [-0.25, -0.2) is 4.79 Å². The predicted molar refractivity (Wildman–Crippen MR) is 96.9 cm³/mol. The molecule has 2 N–H and O–H groups in total. The minimum absolute atomic E-state index is 0.141. The molecule has 0 radical (unpaired) electrons. The van der Waals surface area contributed by atoms with E-state index < -0.39 is 0 Å². The quantitative estimate of drug-likeness (QED) is 0.849. The average Bonchev–Trinajstić information content (AvgIpc) is 2.94. The number of nitriles is 1. The topological polar surface area (TPSA) is 82.7 Å². The third-order valence-corrected chi connectivity index (χ3v) is 4.34. The zero-order valence-electron chi connectivity index (χ0n) is 15.3. The normalized spacial score (nSPS) is 11.6. The molecule has 0 bridgehead atoms. The lowest BCUT2D eigenvalue weighted by molar-refractivity contribution is 0.237. The molecule has 1 heterocycles. The van der Waals surface area contributed by atoms with Crippen molar-refractivity contribution in [1.29, 1.82) is 5.26 Å². The van der Waals surface area contributed by atoms with Gasteiger partial charge < -0.3 is 10.6 Å². The first-order chi connectivity index (χ1) is 12.0. The molecule has 1 aromatic carbocycles. The van der Waals surface area contributed by atoms with Gasteiger partial charge in [0.15, 0.2) is 0 Å². The molecule has 0 unspecified atom stereocenters. The van der Waals surface area contributed by atoms with E-state index >= 15 is 0 Å². The van der Waals surface area contributed by atoms with Crippen LogP contribution in [0, 0.1) is 11.3 Å². The fraction of sp³-hybridized carbons (Fsp3) is 0.421. The van der Waals surface area contributed by atoms with Gasteiger partial charge in [-0.3, -0.25) is 4.68 Å². The van der Waals surface area contributed by atoms with Crippen LogP contribution in [-0.2, 0) is 26.4 Å². The standard InChI is InChI=1S/C19H25N5O/c1-5-17-16(18(6-2)24(4)23-17)12-21-19(25)22-13(3)15-9-7-14(11-20)8-10-15/h7-10,13H,5-6,12H2,1-4H3,(H2,21,22,25)/t13-/m1/s1. The number of urea groups is 1. The Balaban J connectivity index is 1.97. The van der Waals surface area contributed by atoms with Crippen LogP contribution in [0.5, 0.6) is 0 Å². The Morgan fingerprint density at radius 3 is 2.52 bits per heavy atom. The Labute approximate surface area is 148 Å². The summed E-state index contributed by atoms with van der Waals surface area (Å²) in [5, 5.41) is 19.2. The van der Waals surface area contributed by atoms with Gasteiger partial charge in [-0.1, -0.05) is 26.0 Å². The molecule has 2 aromatic rings. The van der Waals surface area contributed by atoms with Gasteiger partial charge in [0.05, 0.1) is 23.4 Å². The van der Waals surface area contributed by atoms with Crippen molar-refractivity contribution in [1.82, 2.24) is 20.4 Å². The Hall–Kier alpha value is -2.81. The molecular weight excluding hydrogens is 314 g/mol. The summed E-state index contributed by atoms with van der Waals surface area (Å²) in [5.41, 5.74) is 4.85. The first kappa shape index (κ1) is 18.5. The van der Waals surface area contributed by atoms with Crippen LogP contribution < -0.4 is 10.6 Å². The number of hydrogen-bond acceptors (Lipinski definition) is 3. The Morgan fingerprint density at radius 1 is 1.28 bits per heavy atom. The lowest BCUT2D eigenvalue weighted by atomic mass is 10.1. The third kappa shape index (κ3) is 4.38. The number of carbonyl (C=O) groups is 1. The summed E-state index contributed by atoms with van der Waals surface area (Å²) in [6.07, 6.45) is 1.72. The second kappa shape index (κ2) is 8.34. The number of amides is 2. The molecule has 25 heavy (non-hydrogen) atoms. The number of carbonyl (C=O) groups excluding carboxylic acids is 1. The fourth-order valence-corrected chi connectivity index (χ4v) is 2.94. The van der Waals surface area contributed by atoms with E-state index in [0.717, 1.165) is 35.4 Å². The van der Waals surface area contributed by atoms with Crippen LogP contribution in [-0.4, -0.2) is 15.8 Å². The highest BCUT2D eigenvalue weighted by atomic mass is 16.2. The minimum atomic E-state index is -0.218. The summed E-state index contributed by atoms with van der Waals surface area (Å²) in [4.78, 5) is 12.2. The number of nitrogens with one attached hydrogen (secondary N) is 2. The van der Waals surface area contributed by atoms with Gasteiger partial charge in [0.1, 0.15) is 0 Å². The number of rotatable bonds is 6. The van der Waals surface area contributed by atoms with E-state index in [1.165, 1.54) is 0 Å². The third-order valence-electron chi connectivity index (χ3n) is 4.34. The molecule has 6 nitrogen and oxygen atoms in total. The van der Waals surface area contributed by atoms with Crippen molar-refractivity contribution in [3.8, 4) is 6.07 Å². The molecule has 0 aliphatic carbocycles. The molecule has 6 heteroatoms. The number of hydrogen-bond donors (Lipinski definition) is 2. The van der Waals surface area contributed by atoms with Crippen LogP contribution in [0.1, 0.15) is 54.9 Å². The molecule has 2 rings (SSSR count). The first-order valence-corrected chi connectivity index (χ1v) is 8.58. The zero-order chi connectivity index (χ0) is 18.4. The van der Waals surface area contributed by atoms with Crippen molar-refractivity contribution < 1.29 is 4.79 Å². The van der Waals surface area contributed by atoms with Crippen molar-refractivity contribution >= 4 is 6.03 Å². The highest BCUT2D eigenvalue weighted by Gasteiger charge is 2.15. The van der Waals surface area contributed by atoms with Crippen molar-refractivity contribution in [3.63, 3.8) is 0 Å². The summed E-state index contributed by atoms with van der Waals surface area (Å²) < 4.78 is 1.90. The van der Waals surface area contributed by atoms with E-state index in [1.54, 1.807) is 12.1 Å². The van der Waals surface area contributed by atoms with Crippen LogP contribution in [0.2, 0.25) is 0 Å². The highest BCUT2D eigenvalue weighted by molar-refractivity contribution is 5.74. The minimum Gasteiger partial charge on any atom is -0.334 e. The average molecular weight is 339 g/mol. The Bertz CT molecular complexity index is 770. The lowest BCUT2D eigenvalue weighted by Gasteiger charge is -2.15. The first-order valence-electron chi connectivity index (χ1n) is 8.58. The second-order valence-electron chi connectivity index (χ2n) is 5.99. The van der Waals surface area contributed by atoms with Crippen LogP contribution in [0.3, 0.4) is 0 Å². The highest BCUT2D eigenvalue weighted by Crippen LogP contribution is 2.16. The van der Waals surface area contributed by atoms with Gasteiger partial charge in [0, 0.05) is 24.8 Å². The van der Waals surface area contributed by atoms with Gasteiger partial charge in [-0.15, -0.1) is 0 Å². The summed E-state index contributed by atoms with van der Waals surface area (Å²) in [7, 11) is 1.94. The van der Waals surface area contributed by atoms with E-state index in [2.05, 4.69) is 35.6 Å². The molecule has 0 saturated heterocycles. The lowest BCUT2D eigenvalue weighted by Crippen LogP contribution is -2.36. The number of aromatic nitrogens is 2. The summed E-state index contributed by atoms with van der Waals surface area (Å²) >= 11 is 0. The summed E-state index contributed by atoms with van der Waals surface area (Å²) in [6, 6.07) is 8.95. The molecule has 0 aliphatic rings.